The monoisotopic (exact) mass is 1240 g/mol. The number of benzene rings is 9. The second-order valence-corrected chi connectivity index (χ2v) is 25.6. The van der Waals surface area contributed by atoms with E-state index >= 15 is 0 Å². The number of hydrogen-bond acceptors (Lipinski definition) is 3. The van der Waals surface area contributed by atoms with Crippen molar-refractivity contribution in [3.05, 3.63) is 247 Å². The van der Waals surface area contributed by atoms with Crippen molar-refractivity contribution in [1.29, 1.82) is 0 Å². The summed E-state index contributed by atoms with van der Waals surface area (Å²) in [5.74, 6) is 1.30. The highest BCUT2D eigenvalue weighted by molar-refractivity contribution is 5.86. The van der Waals surface area contributed by atoms with Crippen LogP contribution in [0.1, 0.15) is 147 Å². The van der Waals surface area contributed by atoms with Gasteiger partial charge in [0.15, 0.2) is 6.29 Å². The van der Waals surface area contributed by atoms with E-state index in [1.54, 1.807) is 39.0 Å². The van der Waals surface area contributed by atoms with Crippen LogP contribution < -0.4 is 0 Å². The first-order chi connectivity index (χ1) is 42.5. The Bertz CT molecular complexity index is 3440. The molecule has 2 saturated heterocycles. The van der Waals surface area contributed by atoms with Crippen LogP contribution in [0, 0.1) is 142 Å². The summed E-state index contributed by atoms with van der Waals surface area (Å²) < 4.78 is 93.8. The molecule has 2 unspecified atom stereocenters. The van der Waals surface area contributed by atoms with E-state index in [2.05, 4.69) is 123 Å². The number of aryl methyl sites for hydroxylation is 10. The Hall–Kier alpha value is -6.78. The Labute approximate surface area is 536 Å². The highest BCUT2D eigenvalue weighted by Crippen LogP contribution is 2.28. The summed E-state index contributed by atoms with van der Waals surface area (Å²) in [5.41, 5.74) is 10.6. The first-order valence-corrected chi connectivity index (χ1v) is 32.0. The van der Waals surface area contributed by atoms with Crippen LogP contribution >= 0.6 is 0 Å². The molecule has 0 amide bonds. The van der Waals surface area contributed by atoms with Gasteiger partial charge in [-0.25, -0.2) is 26.3 Å². The molecule has 2 heterocycles. The van der Waals surface area contributed by atoms with Crippen molar-refractivity contribution >= 4 is 32.3 Å². The third-order valence-electron chi connectivity index (χ3n) is 16.1. The molecule has 9 aromatic carbocycles. The van der Waals surface area contributed by atoms with Crippen molar-refractivity contribution < 1.29 is 40.6 Å². The van der Waals surface area contributed by atoms with E-state index in [1.807, 2.05) is 70.2 Å². The molecule has 90 heavy (non-hydrogen) atoms. The standard InChI is InChI=1S/C12H10F2.C12H11F.C12H12.C8H8F2.C8H9F.C8H16.C8H10.C7H14O.C6H12O2/c1-7-3-4-10-9(5-7)6-11(13)8(2)12(10)14;1-8-3-6-11-10(7-8)5-4-9(2)12(11)13;1-9-3-5-12-8-10(2)4-6-11(12)7-9;1-5-3-7(9)6(2)8(10)4-5;1-6-3-4-7(2)8(9)5-6;2*1-7-3-5-8(2)6-4-7;1-6-3-4-7(2)8-5-6;1-5-3-7-6(2)8-4-5/h3-6H,1-2H3;3-7H,1-2H3;3-8H,1-2H3;3-4H,1-2H3;3-5H,1-2H3;7-8H,3-6H2,1-2H3;3-6H,1-2H3;6-7H,3-5H2,1-2H3;5-6H,3-4H2,1-2H3. The van der Waals surface area contributed by atoms with Gasteiger partial charge in [-0.2, -0.15) is 0 Å². The minimum absolute atomic E-state index is 0.0196. The molecule has 1 aliphatic carbocycles. The summed E-state index contributed by atoms with van der Waals surface area (Å²) in [6.45, 7) is 38.1. The van der Waals surface area contributed by atoms with E-state index in [1.165, 1.54) is 110 Å². The van der Waals surface area contributed by atoms with Gasteiger partial charge in [-0.15, -0.1) is 0 Å². The summed E-state index contributed by atoms with van der Waals surface area (Å²) in [6.07, 6.45) is 9.03. The van der Waals surface area contributed by atoms with Crippen LogP contribution in [0.25, 0.3) is 32.3 Å². The van der Waals surface area contributed by atoms with E-state index in [9.17, 15) is 26.3 Å². The molecule has 0 radical (unpaired) electrons. The maximum Gasteiger partial charge on any atom is 0.154 e. The molecule has 486 valence electrons. The van der Waals surface area contributed by atoms with Crippen molar-refractivity contribution in [2.24, 2.45) is 23.7 Å². The first kappa shape index (κ1) is 75.7. The Morgan fingerprint density at radius 3 is 1.07 bits per heavy atom. The van der Waals surface area contributed by atoms with Gasteiger partial charge >= 0.3 is 0 Å². The van der Waals surface area contributed by atoms with E-state index in [0.29, 0.717) is 44.9 Å². The third kappa shape index (κ3) is 27.0. The average molecular weight is 1240 g/mol. The van der Waals surface area contributed by atoms with Gasteiger partial charge in [-0.05, 0) is 196 Å². The fraction of sp³-hybridized carbons (Fsp3) is 0.407. The molecule has 3 aliphatic rings. The minimum Gasteiger partial charge on any atom is -0.378 e. The smallest absolute Gasteiger partial charge is 0.154 e. The van der Waals surface area contributed by atoms with E-state index in [-0.39, 0.29) is 29.1 Å². The van der Waals surface area contributed by atoms with Crippen molar-refractivity contribution in [3.8, 4) is 0 Å². The van der Waals surface area contributed by atoms with Crippen molar-refractivity contribution in [1.82, 2.24) is 0 Å². The molecule has 0 spiro atoms. The van der Waals surface area contributed by atoms with E-state index in [4.69, 9.17) is 14.2 Å². The third-order valence-corrected chi connectivity index (χ3v) is 16.1. The molecule has 3 fully saturated rings. The number of halogens is 6. The van der Waals surface area contributed by atoms with E-state index in [0.717, 1.165) is 59.7 Å². The predicted octanol–water partition coefficient (Wildman–Crippen LogP) is 23.8. The largest absolute Gasteiger partial charge is 0.378 e. The fourth-order valence-corrected chi connectivity index (χ4v) is 9.80. The van der Waals surface area contributed by atoms with Crippen molar-refractivity contribution in [3.63, 3.8) is 0 Å². The molecule has 0 aromatic heterocycles. The Kier molecular flexibility index (Phi) is 32.1. The van der Waals surface area contributed by atoms with Gasteiger partial charge in [-0.3, -0.25) is 0 Å². The van der Waals surface area contributed by atoms with Crippen LogP contribution in [0.15, 0.2) is 146 Å². The number of hydrogen-bond donors (Lipinski definition) is 0. The molecular formula is C81H102F6O3. The Balaban J connectivity index is 0.000000218. The van der Waals surface area contributed by atoms with Gasteiger partial charge < -0.3 is 14.2 Å². The van der Waals surface area contributed by atoms with E-state index < -0.39 is 23.3 Å². The lowest BCUT2D eigenvalue weighted by atomic mass is 9.84. The lowest BCUT2D eigenvalue weighted by molar-refractivity contribution is -0.187. The van der Waals surface area contributed by atoms with Gasteiger partial charge in [0.05, 0.1) is 19.3 Å². The normalized spacial score (nSPS) is 18.1. The maximum atomic E-state index is 13.6. The van der Waals surface area contributed by atoms with Crippen LogP contribution in [0.4, 0.5) is 26.3 Å². The summed E-state index contributed by atoms with van der Waals surface area (Å²) in [5, 5.41) is 5.45. The molecule has 3 nitrogen and oxygen atoms in total. The van der Waals surface area contributed by atoms with Crippen LogP contribution in [0.2, 0.25) is 0 Å². The molecular weight excluding hydrogens is 1130 g/mol. The summed E-state index contributed by atoms with van der Waals surface area (Å²) in [7, 11) is 0. The van der Waals surface area contributed by atoms with Crippen molar-refractivity contribution in [2.75, 3.05) is 19.8 Å². The Morgan fingerprint density at radius 1 is 0.278 bits per heavy atom. The van der Waals surface area contributed by atoms with Crippen LogP contribution in [0.5, 0.6) is 0 Å². The second-order valence-electron chi connectivity index (χ2n) is 25.6. The minimum atomic E-state index is -0.486. The van der Waals surface area contributed by atoms with Crippen LogP contribution in [-0.4, -0.2) is 32.2 Å². The molecule has 2 aliphatic heterocycles. The quantitative estimate of drug-likeness (QED) is 0.142. The molecule has 12 rings (SSSR count). The summed E-state index contributed by atoms with van der Waals surface area (Å²) in [6, 6.07) is 45.7. The van der Waals surface area contributed by atoms with Gasteiger partial charge in [0.25, 0.3) is 0 Å². The highest BCUT2D eigenvalue weighted by Gasteiger charge is 2.16. The summed E-state index contributed by atoms with van der Waals surface area (Å²) in [4.78, 5) is 0. The fourth-order valence-electron chi connectivity index (χ4n) is 9.80. The SMILES string of the molecule is CC1CCC(C)CC1.CC1CCC(C)OC1.CC1COC(C)OC1.Cc1cc(F)c(C)c(F)c1.Cc1ccc(C)c(F)c1.Cc1ccc(C)cc1.Cc1ccc2c(F)c(C)c(F)cc2c1.Cc1ccc2c(F)c(C)ccc2c1.Cc1ccc2cc(C)ccc2c1. The van der Waals surface area contributed by atoms with Gasteiger partial charge in [0, 0.05) is 34.4 Å². The van der Waals surface area contributed by atoms with Crippen LogP contribution in [0.3, 0.4) is 0 Å². The maximum absolute atomic E-state index is 13.6. The zero-order valence-corrected chi connectivity index (χ0v) is 57.2. The number of fused-ring (bicyclic) bond motifs is 3. The molecule has 0 N–H and O–H groups in total. The molecule has 9 aromatic rings. The van der Waals surface area contributed by atoms with Gasteiger partial charge in [0.2, 0.25) is 0 Å². The predicted molar refractivity (Wildman–Crippen MR) is 369 cm³/mol. The van der Waals surface area contributed by atoms with Gasteiger partial charge in [0.1, 0.15) is 34.9 Å². The molecule has 1 saturated carbocycles. The second kappa shape index (κ2) is 38.2. The highest BCUT2D eigenvalue weighted by atomic mass is 19.2. The molecule has 0 bridgehead atoms. The topological polar surface area (TPSA) is 27.7 Å². The zero-order valence-electron chi connectivity index (χ0n) is 57.2. The lowest BCUT2D eigenvalue weighted by Gasteiger charge is -2.24. The van der Waals surface area contributed by atoms with Crippen LogP contribution in [-0.2, 0) is 14.2 Å². The Morgan fingerprint density at radius 2 is 0.633 bits per heavy atom. The average Bonchev–Trinajstić information content (AvgIpc) is 1.12. The number of ether oxygens (including phenoxy) is 3. The summed E-state index contributed by atoms with van der Waals surface area (Å²) >= 11 is 0. The van der Waals surface area contributed by atoms with Gasteiger partial charge in [-0.1, -0.05) is 208 Å². The number of rotatable bonds is 0. The molecule has 2 atom stereocenters. The zero-order chi connectivity index (χ0) is 66.8. The molecule has 9 heteroatoms. The lowest BCUT2D eigenvalue weighted by Crippen LogP contribution is -2.27. The van der Waals surface area contributed by atoms with Crippen molar-refractivity contribution in [2.45, 2.75) is 176 Å². The first-order valence-electron chi connectivity index (χ1n) is 32.0.